The van der Waals surface area contributed by atoms with Gasteiger partial charge in [-0.2, -0.15) is 0 Å². The normalized spacial score (nSPS) is 11.1. The minimum absolute atomic E-state index is 0.0263. The van der Waals surface area contributed by atoms with Crippen LogP contribution in [0.5, 0.6) is 0 Å². The fourth-order valence-corrected chi connectivity index (χ4v) is 3.86. The smallest absolute Gasteiger partial charge is 0.325 e. The first-order valence-corrected chi connectivity index (χ1v) is 14.4. The van der Waals surface area contributed by atoms with Crippen molar-refractivity contribution < 1.29 is 14.3 Å². The molecule has 0 fully saturated rings. The van der Waals surface area contributed by atoms with Crippen LogP contribution >= 0.6 is 0 Å². The number of unbranched alkanes of at least 4 members (excludes halogenated alkanes) is 15. The summed E-state index contributed by atoms with van der Waals surface area (Å²) in [6.07, 6.45) is 26.5. The molecule has 0 saturated heterocycles. The second-order valence-corrected chi connectivity index (χ2v) is 9.72. The van der Waals surface area contributed by atoms with Crippen molar-refractivity contribution in [2.75, 3.05) is 20.2 Å². The van der Waals surface area contributed by atoms with Crippen molar-refractivity contribution in [1.82, 2.24) is 10.2 Å². The zero-order valence-corrected chi connectivity index (χ0v) is 23.2. The Balaban J connectivity index is 3.61. The molecule has 204 valence electrons. The molecular formula is C29H55N3O3. The van der Waals surface area contributed by atoms with Gasteiger partial charge in [0.15, 0.2) is 5.96 Å². The second-order valence-electron chi connectivity index (χ2n) is 9.72. The number of rotatable bonds is 23. The molecule has 6 heteroatoms. The van der Waals surface area contributed by atoms with Crippen molar-refractivity contribution in [1.29, 1.82) is 5.41 Å². The van der Waals surface area contributed by atoms with Gasteiger partial charge in [0.2, 0.25) is 5.91 Å². The van der Waals surface area contributed by atoms with Crippen LogP contribution in [0.4, 0.5) is 0 Å². The topological polar surface area (TPSA) is 82.5 Å². The Morgan fingerprint density at radius 2 is 1.23 bits per heavy atom. The summed E-state index contributed by atoms with van der Waals surface area (Å²) in [5.41, 5.74) is 0. The number of amides is 1. The van der Waals surface area contributed by atoms with Crippen LogP contribution in [0, 0.1) is 5.41 Å². The molecule has 0 atom stereocenters. The van der Waals surface area contributed by atoms with Gasteiger partial charge in [0.05, 0.1) is 6.61 Å². The third-order valence-electron chi connectivity index (χ3n) is 6.18. The highest BCUT2D eigenvalue weighted by atomic mass is 16.5. The van der Waals surface area contributed by atoms with Crippen molar-refractivity contribution in [2.24, 2.45) is 0 Å². The number of guanidine groups is 1. The first-order chi connectivity index (χ1) is 17.0. The van der Waals surface area contributed by atoms with E-state index in [1.165, 1.54) is 81.9 Å². The van der Waals surface area contributed by atoms with Gasteiger partial charge >= 0.3 is 5.97 Å². The molecule has 0 radical (unpaired) electrons. The van der Waals surface area contributed by atoms with Gasteiger partial charge in [-0.05, 0) is 38.5 Å². The number of ether oxygens (including phenoxy) is 1. The Morgan fingerprint density at radius 1 is 0.743 bits per heavy atom. The standard InChI is InChI=1S/C29H55N3O3/c1-4-6-8-10-11-12-13-14-15-16-17-18-19-20-22-24-27(33)31-29(30)32(3)26-28(34)35-25-23-21-9-7-5-2/h14-15H,4-13,16-26H2,1-3H3,(H2,30,31,33)/b15-14-. The number of allylic oxidation sites excluding steroid dienone is 2. The van der Waals surface area contributed by atoms with E-state index in [2.05, 4.69) is 31.3 Å². The molecule has 0 bridgehead atoms. The minimum Gasteiger partial charge on any atom is -0.464 e. The lowest BCUT2D eigenvalue weighted by Crippen LogP contribution is -2.43. The van der Waals surface area contributed by atoms with E-state index in [4.69, 9.17) is 10.1 Å². The first-order valence-electron chi connectivity index (χ1n) is 14.4. The van der Waals surface area contributed by atoms with Crippen LogP contribution in [0.2, 0.25) is 0 Å². The molecule has 35 heavy (non-hydrogen) atoms. The van der Waals surface area contributed by atoms with Gasteiger partial charge < -0.3 is 9.64 Å². The van der Waals surface area contributed by atoms with Crippen LogP contribution in [-0.2, 0) is 14.3 Å². The summed E-state index contributed by atoms with van der Waals surface area (Å²) in [5, 5.41) is 10.6. The zero-order valence-electron chi connectivity index (χ0n) is 23.2. The van der Waals surface area contributed by atoms with Crippen molar-refractivity contribution in [3.63, 3.8) is 0 Å². The van der Waals surface area contributed by atoms with Crippen LogP contribution in [0.3, 0.4) is 0 Å². The summed E-state index contributed by atoms with van der Waals surface area (Å²) >= 11 is 0. The molecular weight excluding hydrogens is 438 g/mol. The second kappa shape index (κ2) is 25.2. The van der Waals surface area contributed by atoms with Gasteiger partial charge in [-0.3, -0.25) is 20.3 Å². The van der Waals surface area contributed by atoms with E-state index in [1.807, 2.05) is 0 Å². The van der Waals surface area contributed by atoms with Crippen molar-refractivity contribution >= 4 is 17.8 Å². The molecule has 0 spiro atoms. The highest BCUT2D eigenvalue weighted by Gasteiger charge is 2.13. The summed E-state index contributed by atoms with van der Waals surface area (Å²) in [6.45, 7) is 4.82. The predicted octanol–water partition coefficient (Wildman–Crippen LogP) is 7.52. The van der Waals surface area contributed by atoms with Gasteiger partial charge in [0.25, 0.3) is 0 Å². The molecule has 6 nitrogen and oxygen atoms in total. The highest BCUT2D eigenvalue weighted by molar-refractivity contribution is 5.96. The minimum atomic E-state index is -0.362. The summed E-state index contributed by atoms with van der Waals surface area (Å²) in [7, 11) is 1.62. The Bertz CT molecular complexity index is 563. The van der Waals surface area contributed by atoms with Gasteiger partial charge in [0, 0.05) is 13.5 Å². The molecule has 0 unspecified atom stereocenters. The summed E-state index contributed by atoms with van der Waals surface area (Å²) in [4.78, 5) is 25.4. The molecule has 0 heterocycles. The highest BCUT2D eigenvalue weighted by Crippen LogP contribution is 2.10. The van der Waals surface area contributed by atoms with Crippen LogP contribution in [0.25, 0.3) is 0 Å². The maximum atomic E-state index is 12.1. The Morgan fingerprint density at radius 3 is 1.80 bits per heavy atom. The quantitative estimate of drug-likeness (QED) is 0.0507. The molecule has 0 saturated carbocycles. The van der Waals surface area contributed by atoms with Crippen molar-refractivity contribution in [2.45, 2.75) is 136 Å². The Labute approximate surface area is 216 Å². The molecule has 0 aliphatic carbocycles. The van der Waals surface area contributed by atoms with E-state index in [-0.39, 0.29) is 24.4 Å². The van der Waals surface area contributed by atoms with Crippen LogP contribution < -0.4 is 5.32 Å². The molecule has 0 aromatic carbocycles. The largest absolute Gasteiger partial charge is 0.464 e. The van der Waals surface area contributed by atoms with Gasteiger partial charge in [0.1, 0.15) is 6.54 Å². The molecule has 0 aromatic heterocycles. The van der Waals surface area contributed by atoms with E-state index >= 15 is 0 Å². The van der Waals surface area contributed by atoms with Crippen molar-refractivity contribution in [3.05, 3.63) is 12.2 Å². The van der Waals surface area contributed by atoms with E-state index in [1.54, 1.807) is 7.05 Å². The summed E-state index contributed by atoms with van der Waals surface area (Å²) < 4.78 is 5.21. The fraction of sp³-hybridized carbons (Fsp3) is 0.828. The average Bonchev–Trinajstić information content (AvgIpc) is 2.83. The number of carbonyl (C=O) groups excluding carboxylic acids is 2. The third-order valence-corrected chi connectivity index (χ3v) is 6.18. The number of esters is 1. The van der Waals surface area contributed by atoms with Crippen LogP contribution in [0.15, 0.2) is 12.2 Å². The number of likely N-dealkylation sites (N-methyl/N-ethyl adjacent to an activating group) is 1. The van der Waals surface area contributed by atoms with Crippen LogP contribution in [0.1, 0.15) is 136 Å². The van der Waals surface area contributed by atoms with Gasteiger partial charge in [-0.1, -0.05) is 103 Å². The average molecular weight is 494 g/mol. The third kappa shape index (κ3) is 23.7. The monoisotopic (exact) mass is 493 g/mol. The molecule has 0 aliphatic rings. The SMILES string of the molecule is CCCCCCCC/C=C\CCCCCCCC(=O)NC(=N)N(C)CC(=O)OCCCCCCC. The van der Waals surface area contributed by atoms with Gasteiger partial charge in [-0.25, -0.2) is 0 Å². The molecule has 0 aliphatic heterocycles. The maximum absolute atomic E-state index is 12.1. The Kier molecular flexibility index (Phi) is 23.9. The van der Waals surface area contributed by atoms with Crippen molar-refractivity contribution in [3.8, 4) is 0 Å². The van der Waals surface area contributed by atoms with E-state index in [0.717, 1.165) is 38.5 Å². The number of carbonyl (C=O) groups is 2. The molecule has 0 aromatic rings. The van der Waals surface area contributed by atoms with E-state index in [9.17, 15) is 9.59 Å². The molecule has 1 amide bonds. The molecule has 2 N–H and O–H groups in total. The summed E-state index contributed by atoms with van der Waals surface area (Å²) in [6, 6.07) is 0. The van der Waals surface area contributed by atoms with Gasteiger partial charge in [-0.15, -0.1) is 0 Å². The number of hydrogen-bond acceptors (Lipinski definition) is 4. The lowest BCUT2D eigenvalue weighted by molar-refractivity contribution is -0.144. The first kappa shape index (κ1) is 33.1. The maximum Gasteiger partial charge on any atom is 0.325 e. The zero-order chi connectivity index (χ0) is 26.0. The lowest BCUT2D eigenvalue weighted by atomic mass is 10.1. The number of hydrogen-bond donors (Lipinski definition) is 2. The summed E-state index contributed by atoms with van der Waals surface area (Å²) in [5.74, 6) is -0.578. The van der Waals surface area contributed by atoms with E-state index < -0.39 is 0 Å². The van der Waals surface area contributed by atoms with E-state index in [0.29, 0.717) is 13.0 Å². The lowest BCUT2D eigenvalue weighted by Gasteiger charge is -2.19. The number of nitrogens with zero attached hydrogens (tertiary/aromatic N) is 1. The predicted molar refractivity (Wildman–Crippen MR) is 148 cm³/mol. The molecule has 0 rings (SSSR count). The fourth-order valence-electron chi connectivity index (χ4n) is 3.86. The number of nitrogens with one attached hydrogen (secondary N) is 2. The Hall–Kier alpha value is -1.85. The van der Waals surface area contributed by atoms with Crippen LogP contribution in [-0.4, -0.2) is 42.9 Å².